The molecule has 162 valence electrons. The third-order valence-electron chi connectivity index (χ3n) is 7.13. The molecule has 1 amide bonds. The Morgan fingerprint density at radius 2 is 1.65 bits per heavy atom. The highest BCUT2D eigenvalue weighted by Gasteiger charge is 2.49. The molecule has 1 spiro atoms. The van der Waals surface area contributed by atoms with Gasteiger partial charge in [0.1, 0.15) is 6.61 Å². The molecule has 1 atom stereocenters. The topological polar surface area (TPSA) is 76.1 Å². The van der Waals surface area contributed by atoms with Crippen molar-refractivity contribution in [1.29, 1.82) is 0 Å². The van der Waals surface area contributed by atoms with E-state index >= 15 is 0 Å². The summed E-state index contributed by atoms with van der Waals surface area (Å²) >= 11 is 0. The van der Waals surface area contributed by atoms with Crippen LogP contribution >= 0.6 is 0 Å². The van der Waals surface area contributed by atoms with E-state index in [0.29, 0.717) is 26.2 Å². The van der Waals surface area contributed by atoms with Gasteiger partial charge in [0.25, 0.3) is 0 Å². The molecule has 3 aliphatic rings. The number of hydrogen-bond donors (Lipinski definition) is 1. The van der Waals surface area contributed by atoms with Crippen molar-refractivity contribution < 1.29 is 24.2 Å². The van der Waals surface area contributed by atoms with Gasteiger partial charge in [-0.3, -0.25) is 4.79 Å². The first-order valence-corrected chi connectivity index (χ1v) is 11.0. The lowest BCUT2D eigenvalue weighted by molar-refractivity contribution is -0.138. The second-order valence-electron chi connectivity index (χ2n) is 8.92. The van der Waals surface area contributed by atoms with Crippen molar-refractivity contribution in [3.8, 4) is 11.1 Å². The quantitative estimate of drug-likeness (QED) is 0.797. The van der Waals surface area contributed by atoms with E-state index in [4.69, 9.17) is 9.47 Å². The van der Waals surface area contributed by atoms with E-state index in [9.17, 15) is 14.7 Å². The standard InChI is InChI=1S/C25H27NO5/c27-23(28)13-17-14-25(9-11-30-12-10-25)26(15-17)24(29)31-16-22-20-7-3-1-5-18(20)19-6-2-4-8-21(19)22/h1-8,17,22H,9-16H2,(H,27,28). The first kappa shape index (κ1) is 20.1. The Labute approximate surface area is 181 Å². The lowest BCUT2D eigenvalue weighted by atomic mass is 9.84. The number of benzene rings is 2. The first-order valence-electron chi connectivity index (χ1n) is 11.0. The number of nitrogens with zero attached hydrogens (tertiary/aromatic N) is 1. The summed E-state index contributed by atoms with van der Waals surface area (Å²) in [6.45, 7) is 1.89. The van der Waals surface area contributed by atoms with Crippen LogP contribution in [0.3, 0.4) is 0 Å². The van der Waals surface area contributed by atoms with E-state index < -0.39 is 5.97 Å². The zero-order valence-electron chi connectivity index (χ0n) is 17.5. The number of aliphatic carboxylic acids is 1. The number of carbonyl (C=O) groups is 2. The molecule has 0 radical (unpaired) electrons. The number of fused-ring (bicyclic) bond motifs is 3. The number of carbonyl (C=O) groups excluding carboxylic acids is 1. The van der Waals surface area contributed by atoms with Gasteiger partial charge in [-0.1, -0.05) is 48.5 Å². The second-order valence-corrected chi connectivity index (χ2v) is 8.92. The fourth-order valence-corrected chi connectivity index (χ4v) is 5.71. The smallest absolute Gasteiger partial charge is 0.410 e. The van der Waals surface area contributed by atoms with Crippen molar-refractivity contribution in [2.45, 2.75) is 37.1 Å². The van der Waals surface area contributed by atoms with Gasteiger partial charge in [-0.05, 0) is 47.4 Å². The van der Waals surface area contributed by atoms with Crippen LogP contribution in [0.5, 0.6) is 0 Å². The van der Waals surface area contributed by atoms with Gasteiger partial charge in [0.2, 0.25) is 0 Å². The molecule has 31 heavy (non-hydrogen) atoms. The summed E-state index contributed by atoms with van der Waals surface area (Å²) in [7, 11) is 0. The number of hydrogen-bond acceptors (Lipinski definition) is 4. The van der Waals surface area contributed by atoms with Crippen molar-refractivity contribution in [3.63, 3.8) is 0 Å². The average molecular weight is 421 g/mol. The second kappa shape index (κ2) is 8.00. The van der Waals surface area contributed by atoms with E-state index in [0.717, 1.165) is 12.8 Å². The fourth-order valence-electron chi connectivity index (χ4n) is 5.71. The van der Waals surface area contributed by atoms with E-state index in [1.807, 2.05) is 24.3 Å². The molecule has 2 saturated heterocycles. The number of amides is 1. The molecule has 1 N–H and O–H groups in total. The van der Waals surface area contributed by atoms with E-state index in [1.165, 1.54) is 22.3 Å². The maximum atomic E-state index is 13.2. The number of likely N-dealkylation sites (tertiary alicyclic amines) is 1. The van der Waals surface area contributed by atoms with Gasteiger partial charge >= 0.3 is 12.1 Å². The molecule has 2 aromatic carbocycles. The van der Waals surface area contributed by atoms with Crippen LogP contribution in [-0.4, -0.2) is 54.0 Å². The maximum Gasteiger partial charge on any atom is 0.410 e. The van der Waals surface area contributed by atoms with Gasteiger partial charge in [0, 0.05) is 32.1 Å². The fraction of sp³-hybridized carbons (Fsp3) is 0.440. The third kappa shape index (κ3) is 3.59. The molecular formula is C25H27NO5. The largest absolute Gasteiger partial charge is 0.481 e. The first-order chi connectivity index (χ1) is 15.1. The summed E-state index contributed by atoms with van der Waals surface area (Å²) in [5.74, 6) is -0.850. The molecule has 2 fully saturated rings. The number of carboxylic acids is 1. The summed E-state index contributed by atoms with van der Waals surface area (Å²) in [6.07, 6.45) is 1.90. The molecule has 6 heteroatoms. The molecule has 0 aromatic heterocycles. The van der Waals surface area contributed by atoms with Crippen molar-refractivity contribution >= 4 is 12.1 Å². The van der Waals surface area contributed by atoms with Crippen LogP contribution in [-0.2, 0) is 14.3 Å². The number of rotatable bonds is 4. The average Bonchev–Trinajstić information content (AvgIpc) is 3.27. The Hall–Kier alpha value is -2.86. The highest BCUT2D eigenvalue weighted by atomic mass is 16.6. The van der Waals surface area contributed by atoms with Gasteiger partial charge in [-0.25, -0.2) is 4.79 Å². The summed E-state index contributed by atoms with van der Waals surface area (Å²) in [6, 6.07) is 16.5. The maximum absolute atomic E-state index is 13.2. The minimum atomic E-state index is -0.818. The Kier molecular flexibility index (Phi) is 5.18. The predicted molar refractivity (Wildman–Crippen MR) is 115 cm³/mol. The number of carboxylic acid groups (broad SMARTS) is 1. The molecular weight excluding hydrogens is 394 g/mol. The zero-order chi connectivity index (χ0) is 21.4. The van der Waals surface area contributed by atoms with E-state index in [2.05, 4.69) is 24.3 Å². The lowest BCUT2D eigenvalue weighted by Crippen LogP contribution is -2.51. The molecule has 2 aromatic rings. The van der Waals surface area contributed by atoms with Crippen LogP contribution in [0.25, 0.3) is 11.1 Å². The lowest BCUT2D eigenvalue weighted by Gasteiger charge is -2.40. The normalized spacial score (nSPS) is 21.7. The monoisotopic (exact) mass is 421 g/mol. The van der Waals surface area contributed by atoms with Crippen LogP contribution in [0.2, 0.25) is 0 Å². The Morgan fingerprint density at radius 3 is 2.26 bits per heavy atom. The van der Waals surface area contributed by atoms with Crippen LogP contribution in [0, 0.1) is 5.92 Å². The Balaban J connectivity index is 1.34. The highest BCUT2D eigenvalue weighted by Crippen LogP contribution is 2.45. The van der Waals surface area contributed by atoms with Gasteiger partial charge in [0.15, 0.2) is 0 Å². The van der Waals surface area contributed by atoms with Crippen LogP contribution in [0.4, 0.5) is 4.79 Å². The minimum absolute atomic E-state index is 0.0133. The minimum Gasteiger partial charge on any atom is -0.481 e. The van der Waals surface area contributed by atoms with Crippen LogP contribution in [0.15, 0.2) is 48.5 Å². The summed E-state index contributed by atoms with van der Waals surface area (Å²) in [4.78, 5) is 26.3. The SMILES string of the molecule is O=C(O)CC1CN(C(=O)OCC2c3ccccc3-c3ccccc32)C2(CCOCC2)C1. The number of ether oxygens (including phenoxy) is 2. The Bertz CT molecular complexity index is 951. The third-order valence-corrected chi connectivity index (χ3v) is 7.13. The van der Waals surface area contributed by atoms with Crippen LogP contribution < -0.4 is 0 Å². The van der Waals surface area contributed by atoms with Crippen molar-refractivity contribution in [3.05, 3.63) is 59.7 Å². The van der Waals surface area contributed by atoms with Gasteiger partial charge in [-0.15, -0.1) is 0 Å². The van der Waals surface area contributed by atoms with Crippen molar-refractivity contribution in [2.24, 2.45) is 5.92 Å². The molecule has 5 rings (SSSR count). The summed E-state index contributed by atoms with van der Waals surface area (Å²) in [5.41, 5.74) is 4.41. The Morgan fingerprint density at radius 1 is 1.03 bits per heavy atom. The van der Waals surface area contributed by atoms with E-state index in [1.54, 1.807) is 4.90 Å². The molecule has 2 heterocycles. The molecule has 2 aliphatic heterocycles. The van der Waals surface area contributed by atoms with Crippen molar-refractivity contribution in [2.75, 3.05) is 26.4 Å². The van der Waals surface area contributed by atoms with E-state index in [-0.39, 0.29) is 36.5 Å². The van der Waals surface area contributed by atoms with Crippen molar-refractivity contribution in [1.82, 2.24) is 4.90 Å². The van der Waals surface area contributed by atoms with Gasteiger partial charge in [0.05, 0.1) is 5.54 Å². The predicted octanol–water partition coefficient (Wildman–Crippen LogP) is 4.28. The molecule has 0 bridgehead atoms. The molecule has 1 unspecified atom stereocenters. The molecule has 1 aliphatic carbocycles. The summed E-state index contributed by atoms with van der Waals surface area (Å²) < 4.78 is 11.4. The van der Waals surface area contributed by atoms with Gasteiger partial charge in [-0.2, -0.15) is 0 Å². The summed E-state index contributed by atoms with van der Waals surface area (Å²) in [5, 5.41) is 9.26. The molecule has 0 saturated carbocycles. The van der Waals surface area contributed by atoms with Gasteiger partial charge < -0.3 is 19.5 Å². The highest BCUT2D eigenvalue weighted by molar-refractivity contribution is 5.79. The zero-order valence-corrected chi connectivity index (χ0v) is 17.5. The molecule has 6 nitrogen and oxygen atoms in total. The van der Waals surface area contributed by atoms with Crippen LogP contribution in [0.1, 0.15) is 42.7 Å².